The zero-order chi connectivity index (χ0) is 24.3. The van der Waals surface area contributed by atoms with Crippen LogP contribution in [0.4, 0.5) is 37.7 Å². The van der Waals surface area contributed by atoms with Gasteiger partial charge in [0.25, 0.3) is 0 Å². The lowest BCUT2D eigenvalue weighted by Gasteiger charge is -2.46. The van der Waals surface area contributed by atoms with Crippen LogP contribution in [0.3, 0.4) is 0 Å². The maximum atomic E-state index is 14.6. The highest BCUT2D eigenvalue weighted by Crippen LogP contribution is 2.56. The predicted molar refractivity (Wildman–Crippen MR) is 115 cm³/mol. The van der Waals surface area contributed by atoms with Gasteiger partial charge in [-0.15, -0.1) is 13.2 Å². The average molecular weight is 483 g/mol. The summed E-state index contributed by atoms with van der Waals surface area (Å²) in [6.07, 6.45) is -3.78. The molecule has 182 valence electrons. The van der Waals surface area contributed by atoms with Gasteiger partial charge in [-0.3, -0.25) is 4.79 Å². The number of carbonyl (C=O) groups is 1. The maximum Gasteiger partial charge on any atom is 0.489 e. The number of para-hydroxylation sites is 1. The van der Waals surface area contributed by atoms with Crippen LogP contribution in [0.25, 0.3) is 0 Å². The molecular weight excluding hydrogens is 460 g/mol. The molecule has 5 rings (SSSR count). The van der Waals surface area contributed by atoms with Gasteiger partial charge in [-0.2, -0.15) is 8.78 Å². The van der Waals surface area contributed by atoms with E-state index in [2.05, 4.69) is 4.90 Å². The van der Waals surface area contributed by atoms with Crippen LogP contribution < -0.4 is 9.80 Å². The third kappa shape index (κ3) is 3.91. The van der Waals surface area contributed by atoms with Gasteiger partial charge in [0.1, 0.15) is 12.4 Å². The third-order valence-corrected chi connectivity index (χ3v) is 7.02. The van der Waals surface area contributed by atoms with E-state index < -0.39 is 35.3 Å². The van der Waals surface area contributed by atoms with Crippen LogP contribution >= 0.6 is 0 Å². The van der Waals surface area contributed by atoms with Crippen molar-refractivity contribution in [2.24, 2.45) is 0 Å². The van der Waals surface area contributed by atoms with E-state index >= 15 is 0 Å². The first-order valence-electron chi connectivity index (χ1n) is 11.2. The van der Waals surface area contributed by atoms with Gasteiger partial charge in [0, 0.05) is 37.0 Å². The summed E-state index contributed by atoms with van der Waals surface area (Å²) < 4.78 is 83.0. The Hall–Kier alpha value is -2.75. The summed E-state index contributed by atoms with van der Waals surface area (Å²) in [7, 11) is 0. The molecule has 4 nitrogen and oxygen atoms in total. The minimum Gasteiger partial charge on any atom is -0.358 e. The zero-order valence-electron chi connectivity index (χ0n) is 18.2. The molecular formula is C24H23F6N3O. The molecule has 2 aromatic rings. The monoisotopic (exact) mass is 483 g/mol. The molecule has 0 bridgehead atoms. The van der Waals surface area contributed by atoms with Gasteiger partial charge >= 0.3 is 12.3 Å². The summed E-state index contributed by atoms with van der Waals surface area (Å²) in [5.74, 6) is -0.675. The molecule has 1 fully saturated rings. The minimum atomic E-state index is -5.19. The summed E-state index contributed by atoms with van der Waals surface area (Å²) in [5, 5.41) is 0. The van der Waals surface area contributed by atoms with E-state index in [-0.39, 0.29) is 29.9 Å². The number of fused-ring (bicyclic) bond motifs is 3. The number of halogens is 6. The Morgan fingerprint density at radius 1 is 1.09 bits per heavy atom. The SMILES string of the molecule is O=C(CCCN1CC[C@H]2[C@@H](C1)c1cccc3c1N2CC(F)(F)N3C(F)(F)F)c1ccc(F)cc1. The third-order valence-electron chi connectivity index (χ3n) is 7.02. The van der Waals surface area contributed by atoms with Crippen LogP contribution in [0.15, 0.2) is 42.5 Å². The summed E-state index contributed by atoms with van der Waals surface area (Å²) in [4.78, 5) is 15.2. The van der Waals surface area contributed by atoms with Crippen molar-refractivity contribution in [3.63, 3.8) is 0 Å². The van der Waals surface area contributed by atoms with Gasteiger partial charge in [-0.25, -0.2) is 9.29 Å². The van der Waals surface area contributed by atoms with Gasteiger partial charge in [-0.05, 0) is 55.3 Å². The standard InChI is InChI=1S/C24H23F6N3O/c25-16-8-6-15(7-9-16)21(34)5-2-11-31-12-10-19-18(13-31)17-3-1-4-20-22(17)32(19)14-23(26,27)33(20)24(28,29)30/h1,3-4,6-9,18-19H,2,5,10-14H2/t18-,19-/m0/s1. The lowest BCUT2D eigenvalue weighted by Crippen LogP contribution is -2.61. The van der Waals surface area contributed by atoms with Crippen LogP contribution in [0.2, 0.25) is 0 Å². The van der Waals surface area contributed by atoms with Crippen molar-refractivity contribution in [3.8, 4) is 0 Å². The minimum absolute atomic E-state index is 0.0859. The highest BCUT2D eigenvalue weighted by molar-refractivity contribution is 5.96. The van der Waals surface area contributed by atoms with Crippen LogP contribution in [0, 0.1) is 5.82 Å². The molecule has 0 radical (unpaired) electrons. The fourth-order valence-electron chi connectivity index (χ4n) is 5.61. The number of anilines is 2. The van der Waals surface area contributed by atoms with Gasteiger partial charge in [0.2, 0.25) is 0 Å². The van der Waals surface area contributed by atoms with Crippen molar-refractivity contribution in [2.75, 3.05) is 36.0 Å². The molecule has 0 aliphatic carbocycles. The normalized spacial score (nSPS) is 23.6. The molecule has 3 aliphatic heterocycles. The Kier molecular flexibility index (Phi) is 5.54. The largest absolute Gasteiger partial charge is 0.489 e. The molecule has 0 N–H and O–H groups in total. The topological polar surface area (TPSA) is 26.8 Å². The van der Waals surface area contributed by atoms with Crippen LogP contribution in [0.1, 0.15) is 41.1 Å². The Bertz CT molecular complexity index is 1090. The van der Waals surface area contributed by atoms with Crippen molar-refractivity contribution >= 4 is 17.2 Å². The van der Waals surface area contributed by atoms with E-state index in [1.807, 2.05) is 0 Å². The molecule has 2 aromatic carbocycles. The van der Waals surface area contributed by atoms with Crippen molar-refractivity contribution in [2.45, 2.75) is 43.6 Å². The number of likely N-dealkylation sites (tertiary alicyclic amines) is 1. The predicted octanol–water partition coefficient (Wildman–Crippen LogP) is 5.40. The number of benzene rings is 2. The highest BCUT2D eigenvalue weighted by atomic mass is 19.4. The van der Waals surface area contributed by atoms with Gasteiger partial charge in [0.05, 0.1) is 11.4 Å². The zero-order valence-corrected chi connectivity index (χ0v) is 18.2. The molecule has 0 spiro atoms. The van der Waals surface area contributed by atoms with Crippen LogP contribution in [-0.4, -0.2) is 55.3 Å². The van der Waals surface area contributed by atoms with Crippen molar-refractivity contribution in [1.82, 2.24) is 4.90 Å². The smallest absolute Gasteiger partial charge is 0.358 e. The quantitative estimate of drug-likeness (QED) is 0.323. The van der Waals surface area contributed by atoms with Gasteiger partial charge in [-0.1, -0.05) is 12.1 Å². The van der Waals surface area contributed by atoms with Gasteiger partial charge < -0.3 is 9.80 Å². The molecule has 2 atom stereocenters. The van der Waals surface area contributed by atoms with E-state index in [1.165, 1.54) is 35.2 Å². The number of alkyl halides is 5. The molecule has 0 amide bonds. The first-order valence-corrected chi connectivity index (χ1v) is 11.2. The summed E-state index contributed by atoms with van der Waals surface area (Å²) in [5.41, 5.74) is 0.877. The number of hydrogen-bond acceptors (Lipinski definition) is 4. The molecule has 34 heavy (non-hydrogen) atoms. The second kappa shape index (κ2) is 8.18. The van der Waals surface area contributed by atoms with E-state index in [4.69, 9.17) is 0 Å². The first kappa shape index (κ1) is 23.0. The molecule has 3 aliphatic rings. The average Bonchev–Trinajstić information content (AvgIpc) is 3.06. The summed E-state index contributed by atoms with van der Waals surface area (Å²) in [6, 6.07) is 5.30. The Balaban J connectivity index is 1.29. The van der Waals surface area contributed by atoms with Crippen molar-refractivity contribution < 1.29 is 31.1 Å². The van der Waals surface area contributed by atoms with E-state index in [0.29, 0.717) is 43.6 Å². The lowest BCUT2D eigenvalue weighted by molar-refractivity contribution is -0.181. The number of rotatable bonds is 5. The molecule has 1 saturated heterocycles. The number of Topliss-reactive ketones (excluding diaryl/α,β-unsaturated/α-hetero) is 1. The fraction of sp³-hybridized carbons (Fsp3) is 0.458. The number of nitrogens with zero attached hydrogens (tertiary/aromatic N) is 3. The Morgan fingerprint density at radius 3 is 2.53 bits per heavy atom. The van der Waals surface area contributed by atoms with E-state index in [0.717, 1.165) is 6.07 Å². The number of piperidine rings is 1. The molecule has 0 unspecified atom stereocenters. The van der Waals surface area contributed by atoms with Gasteiger partial charge in [0.15, 0.2) is 5.78 Å². The second-order valence-corrected chi connectivity index (χ2v) is 9.11. The highest BCUT2D eigenvalue weighted by Gasteiger charge is 2.60. The maximum absolute atomic E-state index is 14.6. The van der Waals surface area contributed by atoms with E-state index in [1.54, 1.807) is 6.07 Å². The Labute approximate surface area is 192 Å². The summed E-state index contributed by atoms with van der Waals surface area (Å²) >= 11 is 0. The van der Waals surface area contributed by atoms with E-state index in [9.17, 15) is 31.1 Å². The molecule has 0 aromatic heterocycles. The molecule has 10 heteroatoms. The summed E-state index contributed by atoms with van der Waals surface area (Å²) in [6.45, 7) is 0.750. The fourth-order valence-corrected chi connectivity index (χ4v) is 5.61. The van der Waals surface area contributed by atoms with Crippen LogP contribution in [0.5, 0.6) is 0 Å². The Morgan fingerprint density at radius 2 is 1.82 bits per heavy atom. The molecule has 0 saturated carbocycles. The number of ketones is 1. The van der Waals surface area contributed by atoms with Crippen molar-refractivity contribution in [3.05, 3.63) is 59.4 Å². The molecule has 3 heterocycles. The second-order valence-electron chi connectivity index (χ2n) is 9.11. The number of carbonyl (C=O) groups excluding carboxylic acids is 1. The first-order chi connectivity index (χ1) is 16.1. The van der Waals surface area contributed by atoms with Crippen molar-refractivity contribution in [1.29, 1.82) is 0 Å². The number of hydrogen-bond donors (Lipinski definition) is 0. The van der Waals surface area contributed by atoms with Crippen LogP contribution in [-0.2, 0) is 0 Å². The lowest BCUT2D eigenvalue weighted by atomic mass is 9.89.